The minimum Gasteiger partial charge on any atom is -0.497 e. The third-order valence-corrected chi connectivity index (χ3v) is 5.94. The van der Waals surface area contributed by atoms with Gasteiger partial charge in [-0.1, -0.05) is 23.8 Å². The number of hydrogen-bond donors (Lipinski definition) is 0. The molecule has 2 aromatic carbocycles. The Morgan fingerprint density at radius 3 is 2.21 bits per heavy atom. The molecule has 0 aliphatic carbocycles. The van der Waals surface area contributed by atoms with Crippen LogP contribution in [0.4, 0.5) is 5.82 Å². The Labute approximate surface area is 195 Å². The number of hydrogen-bond acceptors (Lipinski definition) is 6. The molecule has 0 N–H and O–H groups in total. The average molecular weight is 447 g/mol. The smallest absolute Gasteiger partial charge is 0.263 e. The van der Waals surface area contributed by atoms with E-state index in [9.17, 15) is 4.79 Å². The molecule has 172 valence electrons. The van der Waals surface area contributed by atoms with Gasteiger partial charge in [-0.2, -0.15) is 0 Å². The van der Waals surface area contributed by atoms with Gasteiger partial charge in [0.1, 0.15) is 11.5 Å². The summed E-state index contributed by atoms with van der Waals surface area (Å²) in [5.74, 6) is 2.22. The highest BCUT2D eigenvalue weighted by Gasteiger charge is 2.26. The normalized spacial score (nSPS) is 14.7. The molecule has 1 aliphatic rings. The minimum absolute atomic E-state index is 0.0123. The van der Waals surface area contributed by atoms with Crippen molar-refractivity contribution in [2.45, 2.75) is 26.9 Å². The maximum Gasteiger partial charge on any atom is 0.263 e. The summed E-state index contributed by atoms with van der Waals surface area (Å²) in [7, 11) is 1.62. The molecule has 1 aromatic heterocycles. The van der Waals surface area contributed by atoms with Gasteiger partial charge < -0.3 is 19.3 Å². The van der Waals surface area contributed by atoms with Gasteiger partial charge in [-0.25, -0.2) is 0 Å². The molecule has 7 nitrogen and oxygen atoms in total. The second-order valence-electron chi connectivity index (χ2n) is 8.34. The molecule has 1 fully saturated rings. The van der Waals surface area contributed by atoms with Crippen molar-refractivity contribution in [3.63, 3.8) is 0 Å². The molecule has 4 rings (SSSR count). The summed E-state index contributed by atoms with van der Waals surface area (Å²) in [5.41, 5.74) is 4.39. The predicted molar refractivity (Wildman–Crippen MR) is 129 cm³/mol. The van der Waals surface area contributed by atoms with E-state index >= 15 is 0 Å². The molecule has 0 radical (unpaired) electrons. The third-order valence-electron chi connectivity index (χ3n) is 5.94. The lowest BCUT2D eigenvalue weighted by atomic mass is 10.0. The first-order chi connectivity index (χ1) is 15.9. The Bertz CT molecular complexity index is 1090. The van der Waals surface area contributed by atoms with Crippen LogP contribution in [0.2, 0.25) is 0 Å². The number of methoxy groups -OCH3 is 1. The monoisotopic (exact) mass is 446 g/mol. The maximum atomic E-state index is 12.9. The summed E-state index contributed by atoms with van der Waals surface area (Å²) >= 11 is 0. The maximum absolute atomic E-state index is 12.9. The second-order valence-corrected chi connectivity index (χ2v) is 8.34. The van der Waals surface area contributed by atoms with Gasteiger partial charge in [-0.05, 0) is 62.7 Å². The topological polar surface area (TPSA) is 67.8 Å². The van der Waals surface area contributed by atoms with Crippen molar-refractivity contribution in [1.29, 1.82) is 0 Å². The molecular formula is C26H30N4O3. The van der Waals surface area contributed by atoms with E-state index in [1.807, 2.05) is 29.2 Å². The Kier molecular flexibility index (Phi) is 6.77. The van der Waals surface area contributed by atoms with Gasteiger partial charge in [0.25, 0.3) is 5.91 Å². The van der Waals surface area contributed by atoms with Crippen molar-refractivity contribution < 1.29 is 14.3 Å². The molecule has 1 amide bonds. The zero-order valence-corrected chi connectivity index (χ0v) is 19.6. The molecule has 3 aromatic rings. The number of aromatic nitrogens is 2. The molecule has 0 spiro atoms. The summed E-state index contributed by atoms with van der Waals surface area (Å²) in [6.07, 6.45) is -0.554. The zero-order valence-electron chi connectivity index (χ0n) is 19.6. The summed E-state index contributed by atoms with van der Waals surface area (Å²) in [6.45, 7) is 8.62. The number of nitrogens with zero attached hydrogens (tertiary/aromatic N) is 4. The van der Waals surface area contributed by atoms with Crippen molar-refractivity contribution in [2.24, 2.45) is 0 Å². The molecule has 2 heterocycles. The Hall–Kier alpha value is -3.61. The van der Waals surface area contributed by atoms with Crippen LogP contribution in [0.25, 0.3) is 11.3 Å². The van der Waals surface area contributed by atoms with Crippen LogP contribution in [0.15, 0.2) is 54.6 Å². The number of piperazine rings is 1. The predicted octanol–water partition coefficient (Wildman–Crippen LogP) is 3.89. The van der Waals surface area contributed by atoms with E-state index in [4.69, 9.17) is 9.47 Å². The molecule has 1 atom stereocenters. The van der Waals surface area contributed by atoms with Gasteiger partial charge in [-0.3, -0.25) is 4.79 Å². The van der Waals surface area contributed by atoms with Gasteiger partial charge in [0.2, 0.25) is 0 Å². The number of benzene rings is 2. The Morgan fingerprint density at radius 2 is 1.61 bits per heavy atom. The Balaban J connectivity index is 1.32. The highest BCUT2D eigenvalue weighted by atomic mass is 16.5. The quantitative estimate of drug-likeness (QED) is 0.572. The van der Waals surface area contributed by atoms with Gasteiger partial charge in [0.15, 0.2) is 11.9 Å². The number of ether oxygens (including phenoxy) is 2. The van der Waals surface area contributed by atoms with Crippen LogP contribution in [0.1, 0.15) is 18.1 Å². The van der Waals surface area contributed by atoms with E-state index in [1.165, 1.54) is 11.1 Å². The number of amides is 1. The first-order valence-corrected chi connectivity index (χ1v) is 11.2. The van der Waals surface area contributed by atoms with Crippen molar-refractivity contribution in [3.8, 4) is 22.8 Å². The fourth-order valence-electron chi connectivity index (χ4n) is 4.06. The Morgan fingerprint density at radius 1 is 0.909 bits per heavy atom. The molecule has 0 saturated carbocycles. The van der Waals surface area contributed by atoms with Gasteiger partial charge in [0, 0.05) is 31.7 Å². The van der Waals surface area contributed by atoms with E-state index < -0.39 is 6.10 Å². The van der Waals surface area contributed by atoms with Crippen molar-refractivity contribution >= 4 is 11.7 Å². The van der Waals surface area contributed by atoms with Crippen LogP contribution in [0.3, 0.4) is 0 Å². The number of aryl methyl sites for hydroxylation is 2. The van der Waals surface area contributed by atoms with Gasteiger partial charge >= 0.3 is 0 Å². The SMILES string of the molecule is COc1ccc(OC(C)C(=O)N2CCN(c3ccc(-c4ccc(C)cc4C)nn3)CC2)cc1. The van der Waals surface area contributed by atoms with Crippen LogP contribution in [-0.4, -0.2) is 60.4 Å². The molecule has 7 heteroatoms. The fraction of sp³-hybridized carbons (Fsp3) is 0.346. The molecule has 1 unspecified atom stereocenters. The molecule has 1 aliphatic heterocycles. The number of rotatable bonds is 6. The zero-order chi connectivity index (χ0) is 23.4. The average Bonchev–Trinajstić information content (AvgIpc) is 2.84. The standard InChI is InChI=1S/C26H30N4O3/c1-18-5-10-23(19(2)17-18)24-11-12-25(28-27-24)29-13-15-30(16-14-29)26(31)20(3)33-22-8-6-21(32-4)7-9-22/h5-12,17,20H,13-16H2,1-4H3. The largest absolute Gasteiger partial charge is 0.497 e. The lowest BCUT2D eigenvalue weighted by Gasteiger charge is -2.36. The minimum atomic E-state index is -0.554. The summed E-state index contributed by atoms with van der Waals surface area (Å²) in [5, 5.41) is 8.91. The number of anilines is 1. The van der Waals surface area contributed by atoms with E-state index in [0.29, 0.717) is 31.9 Å². The van der Waals surface area contributed by atoms with Crippen molar-refractivity contribution in [1.82, 2.24) is 15.1 Å². The summed E-state index contributed by atoms with van der Waals surface area (Å²) < 4.78 is 11.0. The van der Waals surface area contributed by atoms with E-state index in [0.717, 1.165) is 22.8 Å². The van der Waals surface area contributed by atoms with Crippen molar-refractivity contribution in [2.75, 3.05) is 38.2 Å². The lowest BCUT2D eigenvalue weighted by molar-refractivity contribution is -0.138. The number of carbonyl (C=O) groups excluding carboxylic acids is 1. The first-order valence-electron chi connectivity index (χ1n) is 11.2. The van der Waals surface area contributed by atoms with Crippen LogP contribution in [0, 0.1) is 13.8 Å². The fourth-order valence-corrected chi connectivity index (χ4v) is 4.06. The second kappa shape index (κ2) is 9.90. The lowest BCUT2D eigenvalue weighted by Crippen LogP contribution is -2.52. The highest BCUT2D eigenvalue weighted by Crippen LogP contribution is 2.24. The van der Waals surface area contributed by atoms with Crippen LogP contribution < -0.4 is 14.4 Å². The van der Waals surface area contributed by atoms with Crippen LogP contribution >= 0.6 is 0 Å². The van der Waals surface area contributed by atoms with E-state index in [2.05, 4.69) is 47.1 Å². The molecular weight excluding hydrogens is 416 g/mol. The van der Waals surface area contributed by atoms with E-state index in [-0.39, 0.29) is 5.91 Å². The van der Waals surface area contributed by atoms with Crippen LogP contribution in [-0.2, 0) is 4.79 Å². The first kappa shape index (κ1) is 22.6. The highest BCUT2D eigenvalue weighted by molar-refractivity contribution is 5.81. The van der Waals surface area contributed by atoms with Crippen molar-refractivity contribution in [3.05, 3.63) is 65.7 Å². The van der Waals surface area contributed by atoms with Crippen LogP contribution in [0.5, 0.6) is 11.5 Å². The molecule has 33 heavy (non-hydrogen) atoms. The summed E-state index contributed by atoms with van der Waals surface area (Å²) in [6, 6.07) is 17.6. The molecule has 1 saturated heterocycles. The third kappa shape index (κ3) is 5.25. The number of carbonyl (C=O) groups is 1. The molecule has 0 bridgehead atoms. The summed E-state index contributed by atoms with van der Waals surface area (Å²) in [4.78, 5) is 16.9. The van der Waals surface area contributed by atoms with Gasteiger partial charge in [0.05, 0.1) is 12.8 Å². The van der Waals surface area contributed by atoms with E-state index in [1.54, 1.807) is 26.2 Å². The van der Waals surface area contributed by atoms with Gasteiger partial charge in [-0.15, -0.1) is 10.2 Å².